The number of aryl methyl sites for hydroxylation is 3. The second kappa shape index (κ2) is 7.11. The third kappa shape index (κ3) is 3.63. The number of H-pyrrole nitrogens is 1. The molecule has 2 aromatic heterocycles. The zero-order valence-electron chi connectivity index (χ0n) is 14.7. The molecule has 0 bridgehead atoms. The van der Waals surface area contributed by atoms with Crippen molar-refractivity contribution in [3.63, 3.8) is 0 Å². The predicted octanol–water partition coefficient (Wildman–Crippen LogP) is 2.46. The predicted molar refractivity (Wildman–Crippen MR) is 91.7 cm³/mol. The van der Waals surface area contributed by atoms with Crippen LogP contribution in [0.25, 0.3) is 0 Å². The van der Waals surface area contributed by atoms with Crippen LogP contribution in [-0.2, 0) is 11.2 Å². The maximum absolute atomic E-state index is 12.6. The monoisotopic (exact) mass is 327 g/mol. The van der Waals surface area contributed by atoms with Crippen molar-refractivity contribution in [3.8, 4) is 0 Å². The van der Waals surface area contributed by atoms with Crippen molar-refractivity contribution in [2.24, 2.45) is 0 Å². The maximum Gasteiger partial charge on any atom is 0.222 e. The molecule has 2 aromatic rings. The van der Waals surface area contributed by atoms with Gasteiger partial charge in [0.15, 0.2) is 0 Å². The van der Waals surface area contributed by atoms with E-state index in [4.69, 9.17) is 0 Å². The Hall–Kier alpha value is -2.24. The van der Waals surface area contributed by atoms with E-state index in [0.29, 0.717) is 12.3 Å². The lowest BCUT2D eigenvalue weighted by Gasteiger charge is -2.32. The Balaban J connectivity index is 1.61. The minimum Gasteiger partial charge on any atom is -0.342 e. The molecule has 0 radical (unpaired) electrons. The Morgan fingerprint density at radius 2 is 2.17 bits per heavy atom. The van der Waals surface area contributed by atoms with Crippen LogP contribution in [0.2, 0.25) is 0 Å². The molecule has 0 aliphatic carbocycles. The molecule has 1 atom stereocenters. The summed E-state index contributed by atoms with van der Waals surface area (Å²) in [5.74, 6) is 0.521. The molecule has 1 aliphatic heterocycles. The molecule has 6 heteroatoms. The molecular formula is C18H25N5O. The van der Waals surface area contributed by atoms with Crippen LogP contribution in [0.1, 0.15) is 53.5 Å². The highest BCUT2D eigenvalue weighted by Crippen LogP contribution is 2.26. The van der Waals surface area contributed by atoms with E-state index in [-0.39, 0.29) is 5.91 Å². The zero-order valence-corrected chi connectivity index (χ0v) is 14.7. The van der Waals surface area contributed by atoms with Crippen molar-refractivity contribution in [2.45, 2.75) is 52.4 Å². The third-order valence-corrected chi connectivity index (χ3v) is 4.84. The Bertz CT molecular complexity index is 704. The minimum absolute atomic E-state index is 0.223. The van der Waals surface area contributed by atoms with Crippen molar-refractivity contribution >= 4 is 5.91 Å². The lowest BCUT2D eigenvalue weighted by Crippen LogP contribution is -2.39. The van der Waals surface area contributed by atoms with Crippen LogP contribution < -0.4 is 0 Å². The first-order valence-corrected chi connectivity index (χ1v) is 8.61. The fraction of sp³-hybridized carbons (Fsp3) is 0.556. The van der Waals surface area contributed by atoms with Crippen LogP contribution in [-0.4, -0.2) is 44.1 Å². The van der Waals surface area contributed by atoms with Gasteiger partial charge in [0.25, 0.3) is 0 Å². The molecule has 0 saturated carbocycles. The second-order valence-corrected chi connectivity index (χ2v) is 6.68. The SMILES string of the molecule is Cc1cncc([C@@H]2CCCN(C(=O)CCc3c(C)n[nH]c3C)C2)n1. The van der Waals surface area contributed by atoms with Crippen molar-refractivity contribution < 1.29 is 4.79 Å². The van der Waals surface area contributed by atoms with E-state index >= 15 is 0 Å². The number of aromatic amines is 1. The van der Waals surface area contributed by atoms with E-state index in [0.717, 1.165) is 55.1 Å². The summed E-state index contributed by atoms with van der Waals surface area (Å²) >= 11 is 0. The molecule has 1 fully saturated rings. The highest BCUT2D eigenvalue weighted by Gasteiger charge is 2.26. The number of hydrogen-bond donors (Lipinski definition) is 1. The normalized spacial score (nSPS) is 18.0. The molecule has 0 spiro atoms. The van der Waals surface area contributed by atoms with Crippen LogP contribution in [0.5, 0.6) is 0 Å². The molecule has 128 valence electrons. The van der Waals surface area contributed by atoms with Gasteiger partial charge >= 0.3 is 0 Å². The molecule has 0 unspecified atom stereocenters. The quantitative estimate of drug-likeness (QED) is 0.936. The first-order valence-electron chi connectivity index (χ1n) is 8.61. The summed E-state index contributed by atoms with van der Waals surface area (Å²) in [6.45, 7) is 7.54. The standard InChI is InChI=1S/C18H25N5O/c1-12-9-19-10-17(20-12)15-5-4-8-23(11-15)18(24)7-6-16-13(2)21-22-14(16)3/h9-10,15H,4-8,11H2,1-3H3,(H,21,22)/t15-/m1/s1. The van der Waals surface area contributed by atoms with Crippen LogP contribution in [0.15, 0.2) is 12.4 Å². The number of amides is 1. The van der Waals surface area contributed by atoms with Crippen molar-refractivity contribution in [3.05, 3.63) is 40.7 Å². The van der Waals surface area contributed by atoms with Gasteiger partial charge in [-0.15, -0.1) is 0 Å². The van der Waals surface area contributed by atoms with Crippen LogP contribution >= 0.6 is 0 Å². The smallest absolute Gasteiger partial charge is 0.222 e. The van der Waals surface area contributed by atoms with Gasteiger partial charge in [0.05, 0.1) is 17.1 Å². The number of nitrogens with zero attached hydrogens (tertiary/aromatic N) is 4. The lowest BCUT2D eigenvalue weighted by molar-refractivity contribution is -0.132. The fourth-order valence-corrected chi connectivity index (χ4v) is 3.46. The van der Waals surface area contributed by atoms with Gasteiger partial charge < -0.3 is 4.90 Å². The number of rotatable bonds is 4. The van der Waals surface area contributed by atoms with Crippen molar-refractivity contribution in [2.75, 3.05) is 13.1 Å². The molecule has 24 heavy (non-hydrogen) atoms. The van der Waals surface area contributed by atoms with E-state index < -0.39 is 0 Å². The largest absolute Gasteiger partial charge is 0.342 e. The van der Waals surface area contributed by atoms with Crippen molar-refractivity contribution in [1.29, 1.82) is 0 Å². The number of piperidine rings is 1. The minimum atomic E-state index is 0.223. The van der Waals surface area contributed by atoms with E-state index in [1.807, 2.05) is 31.9 Å². The maximum atomic E-state index is 12.6. The van der Waals surface area contributed by atoms with Gasteiger partial charge in [-0.05, 0) is 45.6 Å². The van der Waals surface area contributed by atoms with Gasteiger partial charge in [0.1, 0.15) is 0 Å². The Morgan fingerprint density at radius 1 is 1.33 bits per heavy atom. The molecule has 3 rings (SSSR count). The van der Waals surface area contributed by atoms with E-state index in [2.05, 4.69) is 20.2 Å². The van der Waals surface area contributed by atoms with Crippen molar-refractivity contribution in [1.82, 2.24) is 25.1 Å². The summed E-state index contributed by atoms with van der Waals surface area (Å²) in [5, 5.41) is 7.19. The first-order chi connectivity index (χ1) is 11.5. The van der Waals surface area contributed by atoms with Gasteiger partial charge in [-0.1, -0.05) is 0 Å². The van der Waals surface area contributed by atoms with Crippen LogP contribution in [0.4, 0.5) is 0 Å². The lowest BCUT2D eigenvalue weighted by atomic mass is 9.94. The summed E-state index contributed by atoms with van der Waals surface area (Å²) in [6, 6.07) is 0. The molecule has 6 nitrogen and oxygen atoms in total. The summed E-state index contributed by atoms with van der Waals surface area (Å²) in [4.78, 5) is 23.4. The Morgan fingerprint density at radius 3 is 2.88 bits per heavy atom. The van der Waals surface area contributed by atoms with Gasteiger partial charge in [-0.3, -0.25) is 19.9 Å². The molecule has 3 heterocycles. The molecular weight excluding hydrogens is 302 g/mol. The number of likely N-dealkylation sites (tertiary alicyclic amines) is 1. The summed E-state index contributed by atoms with van der Waals surface area (Å²) in [5.41, 5.74) is 5.16. The van der Waals surface area contributed by atoms with Gasteiger partial charge in [-0.25, -0.2) is 0 Å². The third-order valence-electron chi connectivity index (χ3n) is 4.84. The molecule has 1 aliphatic rings. The average molecular weight is 327 g/mol. The fourth-order valence-electron chi connectivity index (χ4n) is 3.46. The number of carbonyl (C=O) groups excluding carboxylic acids is 1. The highest BCUT2D eigenvalue weighted by atomic mass is 16.2. The Labute approximate surface area is 142 Å². The van der Waals surface area contributed by atoms with E-state index in [1.54, 1.807) is 6.20 Å². The first kappa shape index (κ1) is 16.6. The summed E-state index contributed by atoms with van der Waals surface area (Å²) in [6.07, 6.45) is 6.98. The second-order valence-electron chi connectivity index (χ2n) is 6.68. The highest BCUT2D eigenvalue weighted by molar-refractivity contribution is 5.76. The topological polar surface area (TPSA) is 74.8 Å². The Kier molecular flexibility index (Phi) is 4.92. The number of aromatic nitrogens is 4. The van der Waals surface area contributed by atoms with E-state index in [9.17, 15) is 4.79 Å². The number of carbonyl (C=O) groups is 1. The molecule has 1 N–H and O–H groups in total. The summed E-state index contributed by atoms with van der Waals surface area (Å²) in [7, 11) is 0. The molecule has 0 aromatic carbocycles. The average Bonchev–Trinajstić information content (AvgIpc) is 2.91. The van der Waals surface area contributed by atoms with Gasteiger partial charge in [-0.2, -0.15) is 5.10 Å². The molecule has 1 amide bonds. The number of hydrogen-bond acceptors (Lipinski definition) is 4. The van der Waals surface area contributed by atoms with Gasteiger partial charge in [0.2, 0.25) is 5.91 Å². The van der Waals surface area contributed by atoms with Crippen LogP contribution in [0, 0.1) is 20.8 Å². The molecule has 1 saturated heterocycles. The van der Waals surface area contributed by atoms with Crippen LogP contribution in [0.3, 0.4) is 0 Å². The van der Waals surface area contributed by atoms with Gasteiger partial charge in [0, 0.05) is 43.5 Å². The van der Waals surface area contributed by atoms with E-state index in [1.165, 1.54) is 5.56 Å². The summed E-state index contributed by atoms with van der Waals surface area (Å²) < 4.78 is 0. The zero-order chi connectivity index (χ0) is 17.1. The number of nitrogens with one attached hydrogen (secondary N) is 1.